The van der Waals surface area contributed by atoms with Crippen molar-refractivity contribution < 1.29 is 9.59 Å². The first-order valence-electron chi connectivity index (χ1n) is 9.17. The van der Waals surface area contributed by atoms with Crippen LogP contribution in [0.5, 0.6) is 0 Å². The van der Waals surface area contributed by atoms with Gasteiger partial charge in [-0.3, -0.25) is 9.59 Å². The molecule has 3 aromatic carbocycles. The Morgan fingerprint density at radius 3 is 2.39 bits per heavy atom. The Morgan fingerprint density at radius 1 is 0.857 bits per heavy atom. The lowest BCUT2D eigenvalue weighted by atomic mass is 10.1. The van der Waals surface area contributed by atoms with Gasteiger partial charge >= 0.3 is 0 Å². The van der Waals surface area contributed by atoms with E-state index < -0.39 is 0 Å². The summed E-state index contributed by atoms with van der Waals surface area (Å²) in [4.78, 5) is 24.1. The molecule has 0 radical (unpaired) electrons. The first-order chi connectivity index (χ1) is 13.5. The Morgan fingerprint density at radius 2 is 1.61 bits per heavy atom. The maximum Gasteiger partial charge on any atom is 0.243 e. The van der Waals surface area contributed by atoms with Gasteiger partial charge in [0.2, 0.25) is 11.8 Å². The molecule has 0 aromatic heterocycles. The van der Waals surface area contributed by atoms with E-state index in [2.05, 4.69) is 16.0 Å². The molecule has 0 saturated carbocycles. The number of halogens is 1. The molecule has 3 N–H and O–H groups in total. The minimum Gasteiger partial charge on any atom is -0.376 e. The lowest BCUT2D eigenvalue weighted by molar-refractivity contribution is -0.116. The SMILES string of the molecule is CCCC(=O)Nc1ccc(Cl)c(NC(=O)CNc2ccc3ccccc3c2)c1. The molecule has 0 fully saturated rings. The average Bonchev–Trinajstić information content (AvgIpc) is 2.69. The summed E-state index contributed by atoms with van der Waals surface area (Å²) in [5, 5.41) is 11.3. The minimum atomic E-state index is -0.230. The van der Waals surface area contributed by atoms with Crippen molar-refractivity contribution in [2.24, 2.45) is 0 Å². The van der Waals surface area contributed by atoms with Crippen LogP contribution in [0.4, 0.5) is 17.1 Å². The van der Waals surface area contributed by atoms with Gasteiger partial charge in [-0.2, -0.15) is 0 Å². The van der Waals surface area contributed by atoms with Crippen LogP contribution in [0.15, 0.2) is 60.7 Å². The summed E-state index contributed by atoms with van der Waals surface area (Å²) in [5.41, 5.74) is 1.92. The van der Waals surface area contributed by atoms with Gasteiger partial charge in [-0.25, -0.2) is 0 Å². The molecule has 0 heterocycles. The summed E-state index contributed by atoms with van der Waals surface area (Å²) < 4.78 is 0. The van der Waals surface area contributed by atoms with Gasteiger partial charge in [0, 0.05) is 17.8 Å². The van der Waals surface area contributed by atoms with Crippen LogP contribution in [0.2, 0.25) is 5.02 Å². The highest BCUT2D eigenvalue weighted by atomic mass is 35.5. The lowest BCUT2D eigenvalue weighted by Crippen LogP contribution is -2.22. The van der Waals surface area contributed by atoms with Crippen LogP contribution in [0.1, 0.15) is 19.8 Å². The Labute approximate surface area is 169 Å². The van der Waals surface area contributed by atoms with E-state index >= 15 is 0 Å². The number of rotatable bonds is 7. The van der Waals surface area contributed by atoms with E-state index in [0.717, 1.165) is 22.9 Å². The van der Waals surface area contributed by atoms with Gasteiger partial charge in [-0.1, -0.05) is 48.9 Å². The highest BCUT2D eigenvalue weighted by Crippen LogP contribution is 2.26. The topological polar surface area (TPSA) is 70.2 Å². The second kappa shape index (κ2) is 9.24. The molecule has 0 atom stereocenters. The van der Waals surface area contributed by atoms with Crippen molar-refractivity contribution in [3.8, 4) is 0 Å². The second-order valence-electron chi connectivity index (χ2n) is 6.46. The Hall–Kier alpha value is -3.05. The van der Waals surface area contributed by atoms with Gasteiger partial charge in [0.25, 0.3) is 0 Å². The molecule has 28 heavy (non-hydrogen) atoms. The number of nitrogens with one attached hydrogen (secondary N) is 3. The van der Waals surface area contributed by atoms with E-state index in [0.29, 0.717) is 22.8 Å². The van der Waals surface area contributed by atoms with Crippen molar-refractivity contribution in [3.63, 3.8) is 0 Å². The molecule has 3 rings (SSSR count). The third-order valence-electron chi connectivity index (χ3n) is 4.20. The van der Waals surface area contributed by atoms with Crippen molar-refractivity contribution in [1.29, 1.82) is 0 Å². The average molecular weight is 396 g/mol. The summed E-state index contributed by atoms with van der Waals surface area (Å²) in [7, 11) is 0. The van der Waals surface area contributed by atoms with Crippen LogP contribution in [-0.4, -0.2) is 18.4 Å². The molecule has 0 unspecified atom stereocenters. The van der Waals surface area contributed by atoms with Crippen molar-refractivity contribution in [2.45, 2.75) is 19.8 Å². The zero-order valence-corrected chi connectivity index (χ0v) is 16.3. The Bertz CT molecular complexity index is 1000. The van der Waals surface area contributed by atoms with E-state index in [1.165, 1.54) is 0 Å². The van der Waals surface area contributed by atoms with Crippen molar-refractivity contribution in [3.05, 3.63) is 65.7 Å². The lowest BCUT2D eigenvalue weighted by Gasteiger charge is -2.12. The predicted molar refractivity (Wildman–Crippen MR) is 116 cm³/mol. The van der Waals surface area contributed by atoms with Crippen LogP contribution >= 0.6 is 11.6 Å². The van der Waals surface area contributed by atoms with Crippen molar-refractivity contribution in [2.75, 3.05) is 22.5 Å². The number of carbonyl (C=O) groups excluding carboxylic acids is 2. The van der Waals surface area contributed by atoms with Gasteiger partial charge < -0.3 is 16.0 Å². The highest BCUT2D eigenvalue weighted by Gasteiger charge is 2.09. The van der Waals surface area contributed by atoms with Gasteiger partial charge in [-0.05, 0) is 47.5 Å². The first kappa shape index (κ1) is 19.7. The third kappa shape index (κ3) is 5.24. The maximum absolute atomic E-state index is 12.3. The molecule has 0 saturated heterocycles. The molecule has 0 aliphatic carbocycles. The molecular formula is C22H22ClN3O2. The third-order valence-corrected chi connectivity index (χ3v) is 4.53. The highest BCUT2D eigenvalue weighted by molar-refractivity contribution is 6.33. The quantitative estimate of drug-likeness (QED) is 0.509. The standard InChI is InChI=1S/C22H22ClN3O2/c1-2-5-21(27)25-18-10-11-19(23)20(13-18)26-22(28)14-24-17-9-8-15-6-3-4-7-16(15)12-17/h3-4,6-13,24H,2,5,14H2,1H3,(H,25,27)(H,26,28). The normalized spacial score (nSPS) is 10.5. The molecule has 0 spiro atoms. The molecule has 0 aliphatic heterocycles. The van der Waals surface area contributed by atoms with E-state index in [9.17, 15) is 9.59 Å². The van der Waals surface area contributed by atoms with E-state index in [1.807, 2.05) is 49.4 Å². The molecule has 5 nitrogen and oxygen atoms in total. The molecule has 2 amide bonds. The number of benzene rings is 3. The van der Waals surface area contributed by atoms with Crippen LogP contribution in [0, 0.1) is 0 Å². The molecular weight excluding hydrogens is 374 g/mol. The largest absolute Gasteiger partial charge is 0.376 e. The number of hydrogen-bond acceptors (Lipinski definition) is 3. The van der Waals surface area contributed by atoms with Crippen LogP contribution < -0.4 is 16.0 Å². The zero-order valence-electron chi connectivity index (χ0n) is 15.6. The Balaban J connectivity index is 1.61. The van der Waals surface area contributed by atoms with Gasteiger partial charge in [0.05, 0.1) is 17.3 Å². The molecule has 3 aromatic rings. The summed E-state index contributed by atoms with van der Waals surface area (Å²) in [6.07, 6.45) is 1.21. The summed E-state index contributed by atoms with van der Waals surface area (Å²) in [6, 6.07) is 19.0. The van der Waals surface area contributed by atoms with Crippen molar-refractivity contribution in [1.82, 2.24) is 0 Å². The van der Waals surface area contributed by atoms with E-state index in [4.69, 9.17) is 11.6 Å². The number of hydrogen-bond donors (Lipinski definition) is 3. The minimum absolute atomic E-state index is 0.0694. The summed E-state index contributed by atoms with van der Waals surface area (Å²) in [6.45, 7) is 2.04. The van der Waals surface area contributed by atoms with Gasteiger partial charge in [0.1, 0.15) is 0 Å². The molecule has 0 bridgehead atoms. The second-order valence-corrected chi connectivity index (χ2v) is 6.86. The van der Waals surface area contributed by atoms with E-state index in [1.54, 1.807) is 18.2 Å². The smallest absolute Gasteiger partial charge is 0.243 e. The van der Waals surface area contributed by atoms with Crippen LogP contribution in [-0.2, 0) is 9.59 Å². The monoisotopic (exact) mass is 395 g/mol. The fourth-order valence-electron chi connectivity index (χ4n) is 2.83. The molecule has 6 heteroatoms. The van der Waals surface area contributed by atoms with Crippen LogP contribution in [0.25, 0.3) is 10.8 Å². The van der Waals surface area contributed by atoms with Crippen molar-refractivity contribution >= 4 is 51.2 Å². The fraction of sp³-hybridized carbons (Fsp3) is 0.182. The number of carbonyl (C=O) groups is 2. The van der Waals surface area contributed by atoms with Gasteiger partial charge in [-0.15, -0.1) is 0 Å². The van der Waals surface area contributed by atoms with E-state index in [-0.39, 0.29) is 18.4 Å². The Kier molecular flexibility index (Phi) is 6.50. The van der Waals surface area contributed by atoms with Gasteiger partial charge in [0.15, 0.2) is 0 Å². The zero-order chi connectivity index (χ0) is 19.9. The number of amides is 2. The first-order valence-corrected chi connectivity index (χ1v) is 9.55. The summed E-state index contributed by atoms with van der Waals surface area (Å²) >= 11 is 6.17. The predicted octanol–water partition coefficient (Wildman–Crippen LogP) is 5.28. The van der Waals surface area contributed by atoms with Crippen LogP contribution in [0.3, 0.4) is 0 Å². The summed E-state index contributed by atoms with van der Waals surface area (Å²) in [5.74, 6) is -0.299. The maximum atomic E-state index is 12.3. The number of fused-ring (bicyclic) bond motifs is 1. The molecule has 0 aliphatic rings. The fourth-order valence-corrected chi connectivity index (χ4v) is 2.99. The molecule has 144 valence electrons. The number of anilines is 3.